The fourth-order valence-corrected chi connectivity index (χ4v) is 1.62. The van der Waals surface area contributed by atoms with Crippen molar-refractivity contribution >= 4 is 8.32 Å². The van der Waals surface area contributed by atoms with Crippen molar-refractivity contribution in [2.45, 2.75) is 38.9 Å². The summed E-state index contributed by atoms with van der Waals surface area (Å²) in [7, 11) is -2.24. The Bertz CT molecular complexity index is 479. The first-order chi connectivity index (χ1) is 8.40. The summed E-state index contributed by atoms with van der Waals surface area (Å²) >= 11 is 0. The molecule has 0 amide bonds. The van der Waals surface area contributed by atoms with Crippen molar-refractivity contribution in [1.82, 2.24) is 0 Å². The maximum atomic E-state index is 7.84. The van der Waals surface area contributed by atoms with Gasteiger partial charge in [0.05, 0.1) is 6.85 Å². The lowest BCUT2D eigenvalue weighted by Gasteiger charge is -2.36. The van der Waals surface area contributed by atoms with Crippen molar-refractivity contribution in [1.29, 1.82) is 0 Å². The molecule has 0 aliphatic carbocycles. The second kappa shape index (κ2) is 3.77. The lowest BCUT2D eigenvalue weighted by Crippen LogP contribution is -2.43. The highest BCUT2D eigenvalue weighted by atomic mass is 28.4. The predicted octanol–water partition coefficient (Wildman–Crippen LogP) is 4.07. The summed E-state index contributed by atoms with van der Waals surface area (Å²) in [5.41, 5.74) is 0. The van der Waals surface area contributed by atoms with Crippen LogP contribution >= 0.6 is 0 Å². The fraction of sp³-hybridized carbons (Fsp3) is 0.500. The fourth-order valence-electron chi connectivity index (χ4n) is 0.698. The van der Waals surface area contributed by atoms with Gasteiger partial charge in [0.25, 0.3) is 0 Å². The molecule has 0 spiro atoms. The van der Waals surface area contributed by atoms with Crippen LogP contribution in [0.25, 0.3) is 0 Å². The van der Waals surface area contributed by atoms with E-state index in [9.17, 15) is 0 Å². The minimum absolute atomic E-state index is 0.0300. The molecule has 1 nitrogen and oxygen atoms in total. The molecular formula is C12H20OSi. The Kier molecular flexibility index (Phi) is 1.61. The molecule has 0 aliphatic rings. The summed E-state index contributed by atoms with van der Waals surface area (Å²) in [4.78, 5) is 0. The molecule has 1 aromatic carbocycles. The van der Waals surface area contributed by atoms with Crippen molar-refractivity contribution in [3.63, 3.8) is 0 Å². The smallest absolute Gasteiger partial charge is 0.250 e. The van der Waals surface area contributed by atoms with Crippen LogP contribution in [-0.2, 0) is 0 Å². The van der Waals surface area contributed by atoms with E-state index in [4.69, 9.17) is 11.3 Å². The van der Waals surface area contributed by atoms with Gasteiger partial charge in [-0.25, -0.2) is 0 Å². The Balaban J connectivity index is 3.39. The van der Waals surface area contributed by atoms with Gasteiger partial charge in [0.1, 0.15) is 5.75 Å². The Morgan fingerprint density at radius 2 is 1.64 bits per heavy atom. The summed E-state index contributed by atoms with van der Waals surface area (Å²) in [6, 6.07) is -1.63. The molecule has 0 radical (unpaired) electrons. The van der Waals surface area contributed by atoms with E-state index in [0.717, 1.165) is 0 Å². The van der Waals surface area contributed by atoms with Gasteiger partial charge < -0.3 is 4.43 Å². The lowest BCUT2D eigenvalue weighted by atomic mass is 10.2. The molecule has 2 heteroatoms. The molecule has 0 aliphatic heterocycles. The number of hydrogen-bond donors (Lipinski definition) is 0. The van der Waals surface area contributed by atoms with Gasteiger partial charge in [-0.1, -0.05) is 38.9 Å². The molecule has 0 aromatic heterocycles. The zero-order valence-electron chi connectivity index (χ0n) is 14.4. The third-order valence-corrected chi connectivity index (χ3v) is 6.97. The number of para-hydroxylation sites is 1. The third-order valence-electron chi connectivity index (χ3n) is 2.64. The summed E-state index contributed by atoms with van der Waals surface area (Å²) in [6.45, 7) is 10.1. The second-order valence-corrected chi connectivity index (χ2v) is 9.54. The van der Waals surface area contributed by atoms with Crippen molar-refractivity contribution in [2.24, 2.45) is 0 Å². The average molecular weight is 213 g/mol. The predicted molar refractivity (Wildman–Crippen MR) is 64.3 cm³/mol. The van der Waals surface area contributed by atoms with E-state index >= 15 is 0 Å². The van der Waals surface area contributed by atoms with E-state index in [-0.39, 0.29) is 35.0 Å². The molecule has 0 heterocycles. The van der Waals surface area contributed by atoms with Gasteiger partial charge >= 0.3 is 0 Å². The molecule has 1 rings (SSSR count). The van der Waals surface area contributed by atoms with Crippen molar-refractivity contribution in [3.8, 4) is 5.75 Å². The van der Waals surface area contributed by atoms with E-state index in [1.807, 2.05) is 33.9 Å². The molecule has 0 saturated carbocycles. The van der Waals surface area contributed by atoms with Gasteiger partial charge in [-0.15, -0.1) is 0 Å². The van der Waals surface area contributed by atoms with Gasteiger partial charge in [-0.3, -0.25) is 0 Å². The molecule has 0 atom stereocenters. The Morgan fingerprint density at radius 1 is 1.14 bits per heavy atom. The van der Waals surface area contributed by atoms with E-state index < -0.39 is 14.4 Å². The second-order valence-electron chi connectivity index (χ2n) is 4.82. The monoisotopic (exact) mass is 213 g/mol. The van der Waals surface area contributed by atoms with Crippen molar-refractivity contribution in [3.05, 3.63) is 30.2 Å². The quantitative estimate of drug-likeness (QED) is 0.673. The molecule has 0 fully saturated rings. The summed E-state index contributed by atoms with van der Waals surface area (Å²) in [5.74, 6) is -0.0300. The standard InChI is InChI=1S/C12H20OSi/c1-12(2,3)14(4,5)13-11-9-7-6-8-10-11/h6-10H,1-5H3/i6D,7D,8D,9D,10D. The van der Waals surface area contributed by atoms with Crippen LogP contribution in [0.15, 0.2) is 30.2 Å². The zero-order chi connectivity index (χ0) is 15.2. The summed E-state index contributed by atoms with van der Waals surface area (Å²) in [6.07, 6.45) is 0. The Labute approximate surface area is 95.3 Å². The molecule has 14 heavy (non-hydrogen) atoms. The third kappa shape index (κ3) is 2.61. The first kappa shape index (κ1) is 5.96. The van der Waals surface area contributed by atoms with Crippen LogP contribution in [0.2, 0.25) is 18.1 Å². The van der Waals surface area contributed by atoms with Gasteiger partial charge in [0, 0.05) is 0 Å². The van der Waals surface area contributed by atoms with E-state index in [0.29, 0.717) is 0 Å². The maximum absolute atomic E-state index is 7.84. The first-order valence-electron chi connectivity index (χ1n) is 7.16. The minimum Gasteiger partial charge on any atom is -0.544 e. The molecule has 0 N–H and O–H groups in total. The molecule has 0 unspecified atom stereocenters. The Morgan fingerprint density at radius 3 is 2.07 bits per heavy atom. The topological polar surface area (TPSA) is 9.23 Å². The lowest BCUT2D eigenvalue weighted by molar-refractivity contribution is 0.492. The van der Waals surface area contributed by atoms with Gasteiger partial charge in [0.2, 0.25) is 8.32 Å². The van der Waals surface area contributed by atoms with Crippen molar-refractivity contribution in [2.75, 3.05) is 0 Å². The molecule has 0 saturated heterocycles. The molecular weight excluding hydrogens is 188 g/mol. The SMILES string of the molecule is [2H]c1c([2H])c([2H])c(O[Si](C)(C)C(C)(C)C)c([2H])c1[2H]. The van der Waals surface area contributed by atoms with Crippen molar-refractivity contribution < 1.29 is 11.3 Å². The molecule has 78 valence electrons. The van der Waals surface area contributed by atoms with E-state index in [1.165, 1.54) is 0 Å². The molecule has 1 aromatic rings. The first-order valence-corrected chi connectivity index (χ1v) is 7.57. The minimum atomic E-state index is -2.24. The van der Waals surface area contributed by atoms with Gasteiger partial charge in [-0.2, -0.15) is 0 Å². The normalized spacial score (nSPS) is 17.6. The van der Waals surface area contributed by atoms with E-state index in [1.54, 1.807) is 0 Å². The van der Waals surface area contributed by atoms with Crippen LogP contribution in [-0.4, -0.2) is 8.32 Å². The van der Waals surface area contributed by atoms with Gasteiger partial charge in [0.15, 0.2) is 0 Å². The average Bonchev–Trinajstić information content (AvgIpc) is 2.28. The summed E-state index contributed by atoms with van der Waals surface area (Å²) < 4.78 is 44.4. The zero-order valence-corrected chi connectivity index (χ0v) is 10.4. The van der Waals surface area contributed by atoms with Crippen LogP contribution in [0.4, 0.5) is 0 Å². The van der Waals surface area contributed by atoms with Crippen LogP contribution in [0.1, 0.15) is 27.6 Å². The maximum Gasteiger partial charge on any atom is 0.250 e. The Hall–Kier alpha value is -0.763. The number of hydrogen-bond acceptors (Lipinski definition) is 1. The van der Waals surface area contributed by atoms with E-state index in [2.05, 4.69) is 0 Å². The summed E-state index contributed by atoms with van der Waals surface area (Å²) in [5, 5.41) is -0.101. The number of benzene rings is 1. The highest BCUT2D eigenvalue weighted by molar-refractivity contribution is 6.74. The van der Waals surface area contributed by atoms with Gasteiger partial charge in [-0.05, 0) is 30.2 Å². The molecule has 0 bridgehead atoms. The highest BCUT2D eigenvalue weighted by Gasteiger charge is 2.38. The highest BCUT2D eigenvalue weighted by Crippen LogP contribution is 2.37. The van der Waals surface area contributed by atoms with Crippen LogP contribution in [0.3, 0.4) is 0 Å². The van der Waals surface area contributed by atoms with Crippen LogP contribution in [0, 0.1) is 0 Å². The van der Waals surface area contributed by atoms with Crippen LogP contribution in [0.5, 0.6) is 5.75 Å². The largest absolute Gasteiger partial charge is 0.544 e. The number of rotatable bonds is 2. The van der Waals surface area contributed by atoms with Crippen LogP contribution < -0.4 is 4.43 Å².